The van der Waals surface area contributed by atoms with E-state index in [9.17, 15) is 13.2 Å². The molecule has 0 saturated carbocycles. The maximum atomic E-state index is 12.9. The minimum absolute atomic E-state index is 0.0781. The Kier molecular flexibility index (Phi) is 2.91. The second-order valence-electron chi connectivity index (χ2n) is 5.47. The lowest BCUT2D eigenvalue weighted by Crippen LogP contribution is -2.28. The van der Waals surface area contributed by atoms with Gasteiger partial charge in [-0.1, -0.05) is 18.2 Å². The first-order chi connectivity index (χ1) is 11.4. The predicted octanol–water partition coefficient (Wildman–Crippen LogP) is 0.951. The average molecular weight is 343 g/mol. The maximum Gasteiger partial charge on any atom is 0.349 e. The van der Waals surface area contributed by atoms with Crippen molar-refractivity contribution in [1.82, 2.24) is 23.1 Å². The molecule has 4 aromatic rings. The third-order valence-corrected chi connectivity index (χ3v) is 4.85. The summed E-state index contributed by atoms with van der Waals surface area (Å²) < 4.78 is 27.9. The van der Waals surface area contributed by atoms with Crippen molar-refractivity contribution < 1.29 is 8.42 Å². The van der Waals surface area contributed by atoms with E-state index in [0.717, 1.165) is 10.2 Å². The van der Waals surface area contributed by atoms with Crippen molar-refractivity contribution >= 4 is 26.8 Å². The third-order valence-electron chi connectivity index (χ3n) is 3.85. The van der Waals surface area contributed by atoms with Crippen molar-refractivity contribution in [2.45, 2.75) is 6.92 Å². The maximum absolute atomic E-state index is 12.9. The number of benzene rings is 1. The first-order valence-corrected chi connectivity index (χ1v) is 8.98. The van der Waals surface area contributed by atoms with E-state index in [0.29, 0.717) is 22.4 Å². The van der Waals surface area contributed by atoms with Crippen molar-refractivity contribution in [3.63, 3.8) is 0 Å². The van der Waals surface area contributed by atoms with Gasteiger partial charge in [-0.25, -0.2) is 22.7 Å². The lowest BCUT2D eigenvalue weighted by Gasteiger charge is -2.05. The van der Waals surface area contributed by atoms with Gasteiger partial charge in [0.1, 0.15) is 5.52 Å². The minimum atomic E-state index is -3.83. The molecule has 4 rings (SSSR count). The molecule has 0 aliphatic rings. The highest BCUT2D eigenvalue weighted by Gasteiger charge is 2.25. The largest absolute Gasteiger partial charge is 0.349 e. The monoisotopic (exact) mass is 343 g/mol. The molecular weight excluding hydrogens is 330 g/mol. The molecule has 0 aliphatic heterocycles. The van der Waals surface area contributed by atoms with Gasteiger partial charge in [0.15, 0.2) is 11.3 Å². The quantitative estimate of drug-likeness (QED) is 0.540. The van der Waals surface area contributed by atoms with E-state index in [1.54, 1.807) is 43.6 Å². The molecule has 24 heavy (non-hydrogen) atoms. The second kappa shape index (κ2) is 4.78. The van der Waals surface area contributed by atoms with Crippen LogP contribution in [0.3, 0.4) is 0 Å². The Labute approximate surface area is 136 Å². The standard InChI is InChI=1S/C15H13N5O3S/c1-10-12-14(17-18-9-8-16-13(10)18)20(24(2,22)23)15(21)19(12)11-6-4-3-5-7-11/h3-9H,1-2H3. The third kappa shape index (κ3) is 1.91. The average Bonchev–Trinajstić information content (AvgIpc) is 3.10. The molecule has 0 N–H and O–H groups in total. The van der Waals surface area contributed by atoms with Crippen LogP contribution in [0.5, 0.6) is 0 Å². The summed E-state index contributed by atoms with van der Waals surface area (Å²) >= 11 is 0. The zero-order valence-electron chi connectivity index (χ0n) is 12.9. The van der Waals surface area contributed by atoms with Crippen LogP contribution < -0.4 is 5.69 Å². The molecule has 0 atom stereocenters. The fourth-order valence-corrected chi connectivity index (χ4v) is 3.67. The van der Waals surface area contributed by atoms with Crippen molar-refractivity contribution in [2.75, 3.05) is 6.26 Å². The van der Waals surface area contributed by atoms with Crippen molar-refractivity contribution in [3.8, 4) is 5.69 Å². The lowest BCUT2D eigenvalue weighted by molar-refractivity contribution is 0.592. The number of para-hydroxylation sites is 1. The zero-order valence-corrected chi connectivity index (χ0v) is 13.7. The van der Waals surface area contributed by atoms with Crippen LogP contribution in [0.25, 0.3) is 22.5 Å². The van der Waals surface area contributed by atoms with Crippen LogP contribution in [0, 0.1) is 6.92 Å². The van der Waals surface area contributed by atoms with Crippen molar-refractivity contribution in [1.29, 1.82) is 0 Å². The van der Waals surface area contributed by atoms with E-state index in [1.807, 2.05) is 6.07 Å². The van der Waals surface area contributed by atoms with Crippen LogP contribution in [0.4, 0.5) is 0 Å². The molecule has 9 heteroatoms. The van der Waals surface area contributed by atoms with E-state index < -0.39 is 15.7 Å². The van der Waals surface area contributed by atoms with Crippen LogP contribution >= 0.6 is 0 Å². The summed E-state index contributed by atoms with van der Waals surface area (Å²) in [5.41, 5.74) is 1.63. The van der Waals surface area contributed by atoms with Gasteiger partial charge < -0.3 is 0 Å². The van der Waals surface area contributed by atoms with E-state index in [-0.39, 0.29) is 5.65 Å². The molecule has 8 nitrogen and oxygen atoms in total. The van der Waals surface area contributed by atoms with Crippen LogP contribution in [0.1, 0.15) is 5.56 Å². The molecule has 0 saturated heterocycles. The molecule has 0 bridgehead atoms. The molecule has 0 radical (unpaired) electrons. The first-order valence-electron chi connectivity index (χ1n) is 7.13. The fourth-order valence-electron chi connectivity index (χ4n) is 2.87. The summed E-state index contributed by atoms with van der Waals surface area (Å²) in [7, 11) is -3.83. The van der Waals surface area contributed by atoms with Crippen molar-refractivity contribution in [3.05, 3.63) is 58.8 Å². The SMILES string of the molecule is Cc1c2c(nn3ccnc13)n(S(C)(=O)=O)c(=O)n2-c1ccccc1. The minimum Gasteiger partial charge on any atom is -0.257 e. The van der Waals surface area contributed by atoms with E-state index in [1.165, 1.54) is 9.08 Å². The molecule has 3 aromatic heterocycles. The van der Waals surface area contributed by atoms with Crippen LogP contribution in [0.2, 0.25) is 0 Å². The summed E-state index contributed by atoms with van der Waals surface area (Å²) in [6, 6.07) is 8.86. The number of imidazole rings is 2. The van der Waals surface area contributed by atoms with E-state index in [2.05, 4.69) is 10.1 Å². The van der Waals surface area contributed by atoms with Gasteiger partial charge in [0.2, 0.25) is 10.0 Å². The smallest absolute Gasteiger partial charge is 0.257 e. The number of nitrogens with zero attached hydrogens (tertiary/aromatic N) is 5. The number of rotatable bonds is 2. The number of hydrogen-bond donors (Lipinski definition) is 0. The Morgan fingerprint density at radius 2 is 1.79 bits per heavy atom. The van der Waals surface area contributed by atoms with E-state index >= 15 is 0 Å². The Morgan fingerprint density at radius 3 is 2.46 bits per heavy atom. The highest BCUT2D eigenvalue weighted by molar-refractivity contribution is 7.89. The number of aromatic nitrogens is 5. The Balaban J connectivity index is 2.32. The van der Waals surface area contributed by atoms with Crippen LogP contribution in [-0.4, -0.2) is 37.8 Å². The van der Waals surface area contributed by atoms with Gasteiger partial charge in [-0.3, -0.25) is 4.57 Å². The predicted molar refractivity (Wildman–Crippen MR) is 89.1 cm³/mol. The molecule has 0 spiro atoms. The second-order valence-corrected chi connectivity index (χ2v) is 7.30. The topological polar surface area (TPSA) is 91.3 Å². The number of hydrogen-bond acceptors (Lipinski definition) is 5. The van der Waals surface area contributed by atoms with Crippen LogP contribution in [-0.2, 0) is 10.0 Å². The van der Waals surface area contributed by atoms with Gasteiger partial charge in [-0.2, -0.15) is 3.97 Å². The first kappa shape index (κ1) is 14.6. The fraction of sp³-hybridized carbons (Fsp3) is 0.133. The summed E-state index contributed by atoms with van der Waals surface area (Å²) in [5.74, 6) is 0. The summed E-state index contributed by atoms with van der Waals surface area (Å²) in [6.45, 7) is 1.79. The van der Waals surface area contributed by atoms with Gasteiger partial charge in [-0.05, 0) is 19.1 Å². The Hall–Kier alpha value is -2.94. The normalized spacial score (nSPS) is 12.2. The number of fused-ring (bicyclic) bond motifs is 2. The van der Waals surface area contributed by atoms with Gasteiger partial charge in [-0.15, -0.1) is 5.10 Å². The molecular formula is C15H13N5O3S. The highest BCUT2D eigenvalue weighted by Crippen LogP contribution is 2.23. The van der Waals surface area contributed by atoms with Gasteiger partial charge >= 0.3 is 5.69 Å². The summed E-state index contributed by atoms with van der Waals surface area (Å²) in [4.78, 5) is 17.1. The zero-order chi connectivity index (χ0) is 17.1. The van der Waals surface area contributed by atoms with Crippen molar-refractivity contribution in [2.24, 2.45) is 0 Å². The highest BCUT2D eigenvalue weighted by atomic mass is 32.2. The summed E-state index contributed by atoms with van der Waals surface area (Å²) in [5, 5.41) is 4.29. The Morgan fingerprint density at radius 1 is 1.08 bits per heavy atom. The van der Waals surface area contributed by atoms with E-state index in [4.69, 9.17) is 0 Å². The molecule has 0 unspecified atom stereocenters. The molecule has 1 aromatic carbocycles. The molecule has 0 aliphatic carbocycles. The lowest BCUT2D eigenvalue weighted by atomic mass is 10.2. The Bertz CT molecular complexity index is 1250. The molecule has 0 amide bonds. The van der Waals surface area contributed by atoms with Crippen LogP contribution in [0.15, 0.2) is 47.5 Å². The number of aryl methyl sites for hydroxylation is 1. The van der Waals surface area contributed by atoms with Gasteiger partial charge in [0, 0.05) is 18.0 Å². The van der Waals surface area contributed by atoms with Gasteiger partial charge in [0.05, 0.1) is 11.9 Å². The molecule has 0 fully saturated rings. The molecule has 122 valence electrons. The summed E-state index contributed by atoms with van der Waals surface area (Å²) in [6.07, 6.45) is 4.17. The molecule has 3 heterocycles. The van der Waals surface area contributed by atoms with Gasteiger partial charge in [0.25, 0.3) is 0 Å².